The van der Waals surface area contributed by atoms with Crippen molar-refractivity contribution in [2.75, 3.05) is 0 Å². The molecule has 22 heavy (non-hydrogen) atoms. The fourth-order valence-corrected chi connectivity index (χ4v) is 4.50. The van der Waals surface area contributed by atoms with Crippen LogP contribution < -0.4 is 0 Å². The molecular weight excluding hydrogens is 264 g/mol. The zero-order chi connectivity index (χ0) is 16.8. The molecule has 1 aliphatic carbocycles. The minimum absolute atomic E-state index is 0.586. The van der Waals surface area contributed by atoms with Gasteiger partial charge in [-0.25, -0.2) is 0 Å². The summed E-state index contributed by atoms with van der Waals surface area (Å²) in [5, 5.41) is 0. The molecule has 0 amide bonds. The first-order valence-corrected chi connectivity index (χ1v) is 9.31. The van der Waals surface area contributed by atoms with E-state index >= 15 is 0 Å². The Balaban J connectivity index is 0.000000224. The van der Waals surface area contributed by atoms with Gasteiger partial charge in [0.05, 0.1) is 0 Å². The van der Waals surface area contributed by atoms with Crippen LogP contribution in [-0.2, 0) is 12.8 Å². The summed E-state index contributed by atoms with van der Waals surface area (Å²) in [6.07, 6.45) is 7.92. The monoisotopic (exact) mass is 302 g/mol. The van der Waals surface area contributed by atoms with Gasteiger partial charge in [-0.05, 0) is 60.0 Å². The lowest BCUT2D eigenvalue weighted by Gasteiger charge is -2.45. The molecule has 1 saturated carbocycles. The van der Waals surface area contributed by atoms with Gasteiger partial charge in [0.25, 0.3) is 0 Å². The van der Waals surface area contributed by atoms with Gasteiger partial charge in [0.1, 0.15) is 0 Å². The van der Waals surface area contributed by atoms with Crippen LogP contribution >= 0.6 is 0 Å². The summed E-state index contributed by atoms with van der Waals surface area (Å²) in [5.74, 6) is 0.929. The maximum absolute atomic E-state index is 2.46. The average Bonchev–Trinajstić information content (AvgIpc) is 2.45. The second-order valence-corrected chi connectivity index (χ2v) is 8.55. The minimum Gasteiger partial charge on any atom is -0.0649 e. The first-order valence-electron chi connectivity index (χ1n) is 9.31. The molecule has 0 nitrogen and oxygen atoms in total. The van der Waals surface area contributed by atoms with Crippen molar-refractivity contribution in [3.8, 4) is 0 Å². The van der Waals surface area contributed by atoms with Gasteiger partial charge in [-0.15, -0.1) is 0 Å². The molecule has 0 heteroatoms. The van der Waals surface area contributed by atoms with Crippen molar-refractivity contribution in [3.05, 3.63) is 35.4 Å². The van der Waals surface area contributed by atoms with E-state index in [4.69, 9.17) is 0 Å². The maximum Gasteiger partial charge on any atom is -0.0307 e. The molecule has 1 fully saturated rings. The van der Waals surface area contributed by atoms with Crippen molar-refractivity contribution in [2.45, 2.75) is 87.0 Å². The summed E-state index contributed by atoms with van der Waals surface area (Å²) in [7, 11) is 0. The summed E-state index contributed by atoms with van der Waals surface area (Å²) >= 11 is 0. The van der Waals surface area contributed by atoms with Gasteiger partial charge in [-0.2, -0.15) is 0 Å². The van der Waals surface area contributed by atoms with Gasteiger partial charge in [0.15, 0.2) is 0 Å². The molecule has 0 N–H and O–H groups in total. The number of benzene rings is 1. The highest BCUT2D eigenvalue weighted by molar-refractivity contribution is 5.23. The Labute approximate surface area is 139 Å². The molecule has 0 saturated heterocycles. The molecule has 0 heterocycles. The maximum atomic E-state index is 2.46. The van der Waals surface area contributed by atoms with Crippen LogP contribution in [0.2, 0.25) is 0 Å². The van der Waals surface area contributed by atoms with Crippen LogP contribution in [0.25, 0.3) is 0 Å². The molecule has 0 aromatic heterocycles. The van der Waals surface area contributed by atoms with Crippen LogP contribution in [0.5, 0.6) is 0 Å². The molecule has 2 atom stereocenters. The Morgan fingerprint density at radius 2 is 1.50 bits per heavy atom. The third-order valence-corrected chi connectivity index (χ3v) is 5.31. The van der Waals surface area contributed by atoms with Crippen LogP contribution in [0, 0.1) is 16.7 Å². The lowest BCUT2D eigenvalue weighted by atomic mass is 9.60. The van der Waals surface area contributed by atoms with Crippen molar-refractivity contribution in [1.82, 2.24) is 0 Å². The van der Waals surface area contributed by atoms with Crippen molar-refractivity contribution < 1.29 is 0 Å². The number of aryl methyl sites for hydroxylation is 2. The van der Waals surface area contributed by atoms with Gasteiger partial charge in [-0.1, -0.05) is 79.2 Å². The largest absolute Gasteiger partial charge is 0.0649 e. The molecule has 126 valence electrons. The van der Waals surface area contributed by atoms with E-state index in [1.165, 1.54) is 36.8 Å². The summed E-state index contributed by atoms with van der Waals surface area (Å²) in [5.41, 5.74) is 4.10. The van der Waals surface area contributed by atoms with Crippen LogP contribution in [0.15, 0.2) is 24.3 Å². The van der Waals surface area contributed by atoms with Gasteiger partial charge in [0.2, 0.25) is 0 Å². The first kappa shape index (κ1) is 19.3. The molecule has 0 aliphatic heterocycles. The fraction of sp³-hybridized carbons (Fsp3) is 0.727. The Morgan fingerprint density at radius 1 is 0.955 bits per heavy atom. The Kier molecular flexibility index (Phi) is 7.16. The zero-order valence-corrected chi connectivity index (χ0v) is 16.1. The lowest BCUT2D eigenvalue weighted by molar-refractivity contribution is 0.0582. The molecule has 0 radical (unpaired) electrons. The molecule has 2 rings (SSSR count). The molecule has 0 bridgehead atoms. The normalized spacial score (nSPS) is 27.0. The first-order chi connectivity index (χ1) is 10.2. The summed E-state index contributed by atoms with van der Waals surface area (Å²) in [6.45, 7) is 16.4. The topological polar surface area (TPSA) is 0 Å². The highest BCUT2D eigenvalue weighted by Crippen LogP contribution is 2.49. The molecule has 0 spiro atoms. The summed E-state index contributed by atoms with van der Waals surface area (Å²) < 4.78 is 0. The van der Waals surface area contributed by atoms with E-state index in [9.17, 15) is 0 Å². The van der Waals surface area contributed by atoms with Crippen LogP contribution in [-0.4, -0.2) is 0 Å². The smallest absolute Gasteiger partial charge is 0.0307 e. The Morgan fingerprint density at radius 3 is 1.91 bits per heavy atom. The predicted octanol–water partition coefficient (Wildman–Crippen LogP) is 7.06. The van der Waals surface area contributed by atoms with E-state index in [2.05, 4.69) is 72.7 Å². The van der Waals surface area contributed by atoms with Crippen LogP contribution in [0.1, 0.15) is 85.3 Å². The van der Waals surface area contributed by atoms with Crippen LogP contribution in [0.3, 0.4) is 0 Å². The third-order valence-electron chi connectivity index (χ3n) is 5.31. The predicted molar refractivity (Wildman–Crippen MR) is 100 cm³/mol. The van der Waals surface area contributed by atoms with E-state index in [0.29, 0.717) is 10.8 Å². The lowest BCUT2D eigenvalue weighted by Crippen LogP contribution is -2.34. The highest BCUT2D eigenvalue weighted by atomic mass is 14.4. The minimum atomic E-state index is 0.586. The summed E-state index contributed by atoms with van der Waals surface area (Å²) in [4.78, 5) is 0. The van der Waals surface area contributed by atoms with E-state index in [-0.39, 0.29) is 0 Å². The molecule has 1 aromatic rings. The number of hydrogen-bond donors (Lipinski definition) is 0. The zero-order valence-electron chi connectivity index (χ0n) is 16.1. The second-order valence-electron chi connectivity index (χ2n) is 8.55. The van der Waals surface area contributed by atoms with E-state index in [1.54, 1.807) is 0 Å². The van der Waals surface area contributed by atoms with Crippen molar-refractivity contribution in [3.63, 3.8) is 0 Å². The Bertz CT molecular complexity index is 424. The molecular formula is C22H38. The van der Waals surface area contributed by atoms with E-state index in [1.807, 2.05) is 0 Å². The van der Waals surface area contributed by atoms with Gasteiger partial charge >= 0.3 is 0 Å². The summed E-state index contributed by atoms with van der Waals surface area (Å²) in [6, 6.07) is 8.77. The fourth-order valence-electron chi connectivity index (χ4n) is 4.50. The standard InChI is InChI=1S/C12H24.C10H14/c1-6-12(5)8-10(2)7-11(3,4)9-12;1-3-9-6-5-7-10(4-2)8-9/h10H,6-9H2,1-5H3;5-8H,3-4H2,1-2H3. The third kappa shape index (κ3) is 6.15. The molecule has 1 aliphatic rings. The SMILES string of the molecule is CCC1(C)CC(C)CC(C)(C)C1.CCc1cccc(CC)c1. The molecule has 2 unspecified atom stereocenters. The quantitative estimate of drug-likeness (QED) is 0.560. The van der Waals surface area contributed by atoms with E-state index in [0.717, 1.165) is 18.8 Å². The van der Waals surface area contributed by atoms with Crippen LogP contribution in [0.4, 0.5) is 0 Å². The van der Waals surface area contributed by atoms with Gasteiger partial charge in [0, 0.05) is 0 Å². The Hall–Kier alpha value is -0.780. The number of hydrogen-bond acceptors (Lipinski definition) is 0. The molecule has 1 aromatic carbocycles. The van der Waals surface area contributed by atoms with Gasteiger partial charge < -0.3 is 0 Å². The highest BCUT2D eigenvalue weighted by Gasteiger charge is 2.38. The van der Waals surface area contributed by atoms with E-state index < -0.39 is 0 Å². The van der Waals surface area contributed by atoms with Crippen molar-refractivity contribution >= 4 is 0 Å². The van der Waals surface area contributed by atoms with Crippen molar-refractivity contribution in [2.24, 2.45) is 16.7 Å². The van der Waals surface area contributed by atoms with Crippen molar-refractivity contribution in [1.29, 1.82) is 0 Å². The second kappa shape index (κ2) is 8.18. The average molecular weight is 303 g/mol. The van der Waals surface area contributed by atoms with Gasteiger partial charge in [-0.3, -0.25) is 0 Å². The number of rotatable bonds is 3.